The summed E-state index contributed by atoms with van der Waals surface area (Å²) in [5.41, 5.74) is 5.46. The molecule has 2 heterocycles. The van der Waals surface area contributed by atoms with Crippen LogP contribution in [0.1, 0.15) is 30.0 Å². The third-order valence-electron chi connectivity index (χ3n) is 4.63. The van der Waals surface area contributed by atoms with Crippen LogP contribution in [0.5, 0.6) is 11.5 Å². The van der Waals surface area contributed by atoms with E-state index in [9.17, 15) is 13.2 Å². The maximum absolute atomic E-state index is 13.2. The van der Waals surface area contributed by atoms with E-state index in [0.29, 0.717) is 47.3 Å². The average molecular weight is 451 g/mol. The van der Waals surface area contributed by atoms with Gasteiger partial charge in [0.2, 0.25) is 0 Å². The van der Waals surface area contributed by atoms with Gasteiger partial charge in [-0.25, -0.2) is 15.0 Å². The number of rotatable bonds is 8. The predicted molar refractivity (Wildman–Crippen MR) is 114 cm³/mol. The van der Waals surface area contributed by atoms with E-state index in [-0.39, 0.29) is 11.5 Å². The molecule has 0 amide bonds. The molecule has 3 N–H and O–H groups in total. The average Bonchev–Trinajstić information content (AvgIpc) is 2.72. The summed E-state index contributed by atoms with van der Waals surface area (Å²) in [7, 11) is 3.08. The summed E-state index contributed by atoms with van der Waals surface area (Å²) in [6, 6.07) is 4.56. The molecule has 8 nitrogen and oxygen atoms in total. The molecule has 0 saturated carbocycles. The largest absolute Gasteiger partial charge is 0.493 e. The summed E-state index contributed by atoms with van der Waals surface area (Å²) >= 11 is 0. The molecule has 0 fully saturated rings. The summed E-state index contributed by atoms with van der Waals surface area (Å²) in [4.78, 5) is 12.9. The van der Waals surface area contributed by atoms with Crippen molar-refractivity contribution in [3.8, 4) is 11.5 Å². The van der Waals surface area contributed by atoms with Crippen LogP contribution >= 0.6 is 0 Å². The van der Waals surface area contributed by atoms with Crippen LogP contribution in [-0.4, -0.2) is 42.4 Å². The minimum absolute atomic E-state index is 0.131. The molecule has 3 aromatic rings. The van der Waals surface area contributed by atoms with E-state index in [1.165, 1.54) is 7.11 Å². The second-order valence-electron chi connectivity index (χ2n) is 7.05. The Balaban J connectivity index is 2.01. The molecule has 0 aliphatic heterocycles. The minimum Gasteiger partial charge on any atom is -0.493 e. The number of aromatic nitrogens is 3. The number of anilines is 2. The number of nitrogen functional groups attached to an aromatic ring is 1. The molecule has 172 valence electrons. The molecule has 1 unspecified atom stereocenters. The van der Waals surface area contributed by atoms with Crippen LogP contribution in [-0.2, 0) is 10.9 Å². The molecule has 0 aliphatic carbocycles. The summed E-state index contributed by atoms with van der Waals surface area (Å²) in [5, 5.41) is 3.73. The van der Waals surface area contributed by atoms with Crippen molar-refractivity contribution in [1.29, 1.82) is 0 Å². The van der Waals surface area contributed by atoms with Gasteiger partial charge >= 0.3 is 6.18 Å². The number of pyridine rings is 1. The standard InChI is InChI=1S/C21H24F3N5O3/c1-11(15-7-13(21(22,23)24)8-19(25)29-15)26-20-14-9-18(32-6-5-30-3)17(31-4)10-16(14)27-12(2)28-20/h7-11H,5-6H2,1-4H3,(H2,25,29)(H,26,27,28). The maximum Gasteiger partial charge on any atom is 0.416 e. The third kappa shape index (κ3) is 5.28. The van der Waals surface area contributed by atoms with Crippen LogP contribution in [0.15, 0.2) is 24.3 Å². The second kappa shape index (κ2) is 9.43. The Hall–Kier alpha value is -3.34. The zero-order valence-electron chi connectivity index (χ0n) is 18.1. The fraction of sp³-hybridized carbons (Fsp3) is 0.381. The van der Waals surface area contributed by atoms with Crippen LogP contribution in [0.4, 0.5) is 24.8 Å². The van der Waals surface area contributed by atoms with Crippen molar-refractivity contribution in [1.82, 2.24) is 15.0 Å². The Morgan fingerprint density at radius 1 is 1.03 bits per heavy atom. The Bertz CT molecular complexity index is 1110. The van der Waals surface area contributed by atoms with Gasteiger partial charge in [-0.3, -0.25) is 0 Å². The molecular weight excluding hydrogens is 427 g/mol. The van der Waals surface area contributed by atoms with Gasteiger partial charge in [-0.05, 0) is 32.0 Å². The predicted octanol–water partition coefficient (Wildman–Crippen LogP) is 4.14. The molecule has 0 saturated heterocycles. The number of aryl methyl sites for hydroxylation is 1. The second-order valence-corrected chi connectivity index (χ2v) is 7.05. The van der Waals surface area contributed by atoms with Gasteiger partial charge in [0.05, 0.1) is 36.5 Å². The van der Waals surface area contributed by atoms with Gasteiger partial charge in [-0.15, -0.1) is 0 Å². The fourth-order valence-electron chi connectivity index (χ4n) is 3.11. The van der Waals surface area contributed by atoms with Crippen LogP contribution in [0, 0.1) is 6.92 Å². The fourth-order valence-corrected chi connectivity index (χ4v) is 3.11. The van der Waals surface area contributed by atoms with E-state index in [1.54, 1.807) is 33.1 Å². The number of nitrogens with two attached hydrogens (primary N) is 1. The van der Waals surface area contributed by atoms with Crippen molar-refractivity contribution >= 4 is 22.5 Å². The molecule has 1 atom stereocenters. The number of fused-ring (bicyclic) bond motifs is 1. The number of benzene rings is 1. The van der Waals surface area contributed by atoms with E-state index in [0.717, 1.165) is 12.1 Å². The number of methoxy groups -OCH3 is 2. The van der Waals surface area contributed by atoms with Crippen molar-refractivity contribution in [3.63, 3.8) is 0 Å². The first-order valence-corrected chi connectivity index (χ1v) is 9.71. The molecule has 2 aromatic heterocycles. The van der Waals surface area contributed by atoms with Crippen LogP contribution in [0.3, 0.4) is 0 Å². The first-order valence-electron chi connectivity index (χ1n) is 9.71. The molecular formula is C21H24F3N5O3. The Kier molecular flexibility index (Phi) is 6.87. The van der Waals surface area contributed by atoms with E-state index < -0.39 is 17.8 Å². The number of ether oxygens (including phenoxy) is 3. The topological polar surface area (TPSA) is 104 Å². The highest BCUT2D eigenvalue weighted by molar-refractivity contribution is 5.92. The highest BCUT2D eigenvalue weighted by atomic mass is 19.4. The number of hydrogen-bond donors (Lipinski definition) is 2. The van der Waals surface area contributed by atoms with Gasteiger partial charge in [-0.2, -0.15) is 13.2 Å². The smallest absolute Gasteiger partial charge is 0.416 e. The number of nitrogens with zero attached hydrogens (tertiary/aromatic N) is 3. The maximum atomic E-state index is 13.2. The lowest BCUT2D eigenvalue weighted by Crippen LogP contribution is -2.15. The van der Waals surface area contributed by atoms with Crippen molar-refractivity contribution < 1.29 is 27.4 Å². The van der Waals surface area contributed by atoms with Crippen LogP contribution < -0.4 is 20.5 Å². The van der Waals surface area contributed by atoms with Crippen molar-refractivity contribution in [2.24, 2.45) is 0 Å². The van der Waals surface area contributed by atoms with Gasteiger partial charge in [0.25, 0.3) is 0 Å². The Morgan fingerprint density at radius 3 is 2.44 bits per heavy atom. The number of alkyl halides is 3. The molecule has 3 rings (SSSR count). The molecule has 0 spiro atoms. The molecule has 11 heteroatoms. The number of halogens is 3. The third-order valence-corrected chi connectivity index (χ3v) is 4.63. The Labute approximate surface area is 182 Å². The lowest BCUT2D eigenvalue weighted by Gasteiger charge is -2.19. The summed E-state index contributed by atoms with van der Waals surface area (Å²) < 4.78 is 55.7. The zero-order valence-corrected chi connectivity index (χ0v) is 18.1. The summed E-state index contributed by atoms with van der Waals surface area (Å²) in [6.07, 6.45) is -4.53. The lowest BCUT2D eigenvalue weighted by molar-refractivity contribution is -0.137. The molecule has 0 bridgehead atoms. The van der Waals surface area contributed by atoms with Gasteiger partial charge in [0.15, 0.2) is 11.5 Å². The van der Waals surface area contributed by atoms with Gasteiger partial charge in [0.1, 0.15) is 24.1 Å². The highest BCUT2D eigenvalue weighted by Crippen LogP contribution is 2.36. The molecule has 0 aliphatic rings. The van der Waals surface area contributed by atoms with Gasteiger partial charge in [0, 0.05) is 18.6 Å². The van der Waals surface area contributed by atoms with E-state index in [1.807, 2.05) is 0 Å². The van der Waals surface area contributed by atoms with E-state index in [4.69, 9.17) is 19.9 Å². The first kappa shape index (κ1) is 23.3. The summed E-state index contributed by atoms with van der Waals surface area (Å²) in [6.45, 7) is 4.07. The first-order chi connectivity index (χ1) is 15.1. The quantitative estimate of drug-likeness (QED) is 0.493. The van der Waals surface area contributed by atoms with Gasteiger partial charge in [-0.1, -0.05) is 0 Å². The van der Waals surface area contributed by atoms with Crippen LogP contribution in [0.25, 0.3) is 10.9 Å². The van der Waals surface area contributed by atoms with Crippen molar-refractivity contribution in [2.75, 3.05) is 38.5 Å². The van der Waals surface area contributed by atoms with Crippen molar-refractivity contribution in [2.45, 2.75) is 26.1 Å². The normalized spacial score (nSPS) is 12.6. The molecule has 1 aromatic carbocycles. The van der Waals surface area contributed by atoms with E-state index in [2.05, 4.69) is 20.3 Å². The molecule has 0 radical (unpaired) electrons. The highest BCUT2D eigenvalue weighted by Gasteiger charge is 2.32. The number of nitrogens with one attached hydrogen (secondary N) is 1. The van der Waals surface area contributed by atoms with Gasteiger partial charge < -0.3 is 25.3 Å². The minimum atomic E-state index is -4.53. The number of hydrogen-bond acceptors (Lipinski definition) is 8. The van der Waals surface area contributed by atoms with E-state index >= 15 is 0 Å². The van der Waals surface area contributed by atoms with Crippen molar-refractivity contribution in [3.05, 3.63) is 41.3 Å². The zero-order chi connectivity index (χ0) is 23.5. The monoisotopic (exact) mass is 451 g/mol. The van der Waals surface area contributed by atoms with Crippen LogP contribution in [0.2, 0.25) is 0 Å². The summed E-state index contributed by atoms with van der Waals surface area (Å²) in [5.74, 6) is 1.61. The molecule has 32 heavy (non-hydrogen) atoms. The lowest BCUT2D eigenvalue weighted by atomic mass is 10.1. The SMILES string of the molecule is COCCOc1cc2c(NC(C)c3cc(C(F)(F)F)cc(N)n3)nc(C)nc2cc1OC. The Morgan fingerprint density at radius 2 is 1.78 bits per heavy atom.